The number of aromatic amines is 1. The van der Waals surface area contributed by atoms with Crippen molar-refractivity contribution in [3.63, 3.8) is 0 Å². The Morgan fingerprint density at radius 2 is 2.19 bits per heavy atom. The zero-order valence-electron chi connectivity index (χ0n) is 14.4. The Bertz CT molecular complexity index is 1060. The van der Waals surface area contributed by atoms with Crippen molar-refractivity contribution in [3.8, 4) is 0 Å². The summed E-state index contributed by atoms with van der Waals surface area (Å²) in [4.78, 5) is 36.4. The maximum Gasteiger partial charge on any atom is 0.348 e. The molecule has 0 atom stereocenters. The molecule has 134 valence electrons. The summed E-state index contributed by atoms with van der Waals surface area (Å²) in [6, 6.07) is 8.24. The van der Waals surface area contributed by atoms with E-state index in [9.17, 15) is 9.59 Å². The number of rotatable bonds is 3. The van der Waals surface area contributed by atoms with Gasteiger partial charge in [0, 0.05) is 17.2 Å². The van der Waals surface area contributed by atoms with Crippen LogP contribution in [0, 0.1) is 6.92 Å². The van der Waals surface area contributed by atoms with E-state index in [0.717, 1.165) is 18.0 Å². The van der Waals surface area contributed by atoms with E-state index >= 15 is 0 Å². The van der Waals surface area contributed by atoms with Gasteiger partial charge in [-0.15, -0.1) is 23.1 Å². The number of nitrogens with zero attached hydrogens (tertiary/aromatic N) is 2. The van der Waals surface area contributed by atoms with Crippen LogP contribution in [0.3, 0.4) is 0 Å². The summed E-state index contributed by atoms with van der Waals surface area (Å²) < 4.78 is 4.80. The predicted octanol–water partition coefficient (Wildman–Crippen LogP) is 3.19. The topological polar surface area (TPSA) is 75.3 Å². The van der Waals surface area contributed by atoms with E-state index < -0.39 is 5.97 Å². The SMILES string of the molecule is COC(=O)c1sc2nc(CN3CCSc4ccccc43)[nH]c(=O)c2c1C. The summed E-state index contributed by atoms with van der Waals surface area (Å²) in [5.74, 6) is 1.16. The fraction of sp³-hybridized carbons (Fsp3) is 0.278. The van der Waals surface area contributed by atoms with Crippen molar-refractivity contribution in [3.05, 3.63) is 50.9 Å². The van der Waals surface area contributed by atoms with Crippen LogP contribution in [-0.4, -0.2) is 35.3 Å². The molecule has 4 rings (SSSR count). The molecule has 2 aromatic heterocycles. The van der Waals surface area contributed by atoms with Crippen molar-refractivity contribution >= 4 is 45.0 Å². The number of thiophene rings is 1. The molecule has 0 bridgehead atoms. The number of hydrogen-bond donors (Lipinski definition) is 1. The van der Waals surface area contributed by atoms with Crippen molar-refractivity contribution < 1.29 is 9.53 Å². The summed E-state index contributed by atoms with van der Waals surface area (Å²) in [5, 5.41) is 0.466. The van der Waals surface area contributed by atoms with Gasteiger partial charge in [-0.2, -0.15) is 0 Å². The Morgan fingerprint density at radius 1 is 1.38 bits per heavy atom. The monoisotopic (exact) mass is 387 g/mol. The molecular formula is C18H17N3O3S2. The molecule has 0 amide bonds. The second-order valence-electron chi connectivity index (χ2n) is 5.98. The highest BCUT2D eigenvalue weighted by Gasteiger charge is 2.21. The number of carbonyl (C=O) groups excluding carboxylic acids is 1. The number of aromatic nitrogens is 2. The van der Waals surface area contributed by atoms with Gasteiger partial charge < -0.3 is 14.6 Å². The Balaban J connectivity index is 1.73. The Hall–Kier alpha value is -2.32. The van der Waals surface area contributed by atoms with E-state index in [2.05, 4.69) is 27.0 Å². The normalized spacial score (nSPS) is 13.7. The molecule has 1 aromatic carbocycles. The van der Waals surface area contributed by atoms with Crippen LogP contribution in [0.1, 0.15) is 21.1 Å². The Morgan fingerprint density at radius 3 is 3.00 bits per heavy atom. The molecule has 0 unspecified atom stereocenters. The highest BCUT2D eigenvalue weighted by Crippen LogP contribution is 2.35. The van der Waals surface area contributed by atoms with E-state index in [0.29, 0.717) is 33.0 Å². The van der Waals surface area contributed by atoms with Gasteiger partial charge in [-0.3, -0.25) is 4.79 Å². The van der Waals surface area contributed by atoms with Crippen molar-refractivity contribution in [2.75, 3.05) is 24.3 Å². The largest absolute Gasteiger partial charge is 0.465 e. The van der Waals surface area contributed by atoms with Crippen LogP contribution in [0.25, 0.3) is 10.2 Å². The van der Waals surface area contributed by atoms with Gasteiger partial charge in [0.25, 0.3) is 5.56 Å². The molecule has 1 aliphatic heterocycles. The molecular weight excluding hydrogens is 370 g/mol. The number of thioether (sulfide) groups is 1. The lowest BCUT2D eigenvalue weighted by atomic mass is 10.2. The molecule has 1 N–H and O–H groups in total. The van der Waals surface area contributed by atoms with Crippen LogP contribution < -0.4 is 10.5 Å². The van der Waals surface area contributed by atoms with Crippen molar-refractivity contribution in [2.24, 2.45) is 0 Å². The van der Waals surface area contributed by atoms with Crippen LogP contribution in [0.4, 0.5) is 5.69 Å². The van der Waals surface area contributed by atoms with E-state index in [-0.39, 0.29) is 5.56 Å². The second-order valence-corrected chi connectivity index (χ2v) is 8.11. The Labute approximate surface area is 158 Å². The molecule has 3 heterocycles. The zero-order chi connectivity index (χ0) is 18.3. The maximum atomic E-state index is 12.6. The van der Waals surface area contributed by atoms with E-state index in [4.69, 9.17) is 4.74 Å². The van der Waals surface area contributed by atoms with Crippen molar-refractivity contribution in [1.29, 1.82) is 0 Å². The highest BCUT2D eigenvalue weighted by atomic mass is 32.2. The van der Waals surface area contributed by atoms with Gasteiger partial charge in [0.2, 0.25) is 0 Å². The summed E-state index contributed by atoms with van der Waals surface area (Å²) in [6.07, 6.45) is 0. The van der Waals surface area contributed by atoms with Crippen LogP contribution in [0.15, 0.2) is 34.0 Å². The first-order valence-corrected chi connectivity index (χ1v) is 9.96. The zero-order valence-corrected chi connectivity index (χ0v) is 16.0. The minimum Gasteiger partial charge on any atom is -0.465 e. The number of aryl methyl sites for hydroxylation is 1. The quantitative estimate of drug-likeness (QED) is 0.696. The minimum atomic E-state index is -0.437. The number of carbonyl (C=O) groups is 1. The number of anilines is 1. The molecule has 0 saturated carbocycles. The highest BCUT2D eigenvalue weighted by molar-refractivity contribution is 7.99. The summed E-state index contributed by atoms with van der Waals surface area (Å²) in [5.41, 5.74) is 1.56. The van der Waals surface area contributed by atoms with Crippen LogP contribution in [0.5, 0.6) is 0 Å². The number of hydrogen-bond acceptors (Lipinski definition) is 7. The molecule has 0 saturated heterocycles. The number of benzene rings is 1. The van der Waals surface area contributed by atoms with E-state index in [1.54, 1.807) is 6.92 Å². The molecule has 1 aliphatic rings. The first-order chi connectivity index (χ1) is 12.6. The van der Waals surface area contributed by atoms with Gasteiger partial charge >= 0.3 is 5.97 Å². The molecule has 0 spiro atoms. The van der Waals surface area contributed by atoms with Gasteiger partial charge in [0.05, 0.1) is 24.7 Å². The van der Waals surface area contributed by atoms with Crippen molar-refractivity contribution in [1.82, 2.24) is 9.97 Å². The second kappa shape index (κ2) is 6.77. The number of H-pyrrole nitrogens is 1. The summed E-state index contributed by atoms with van der Waals surface area (Å²) in [6.45, 7) is 3.16. The molecule has 0 radical (unpaired) electrons. The predicted molar refractivity (Wildman–Crippen MR) is 105 cm³/mol. The van der Waals surface area contributed by atoms with Crippen molar-refractivity contribution in [2.45, 2.75) is 18.4 Å². The van der Waals surface area contributed by atoms with E-state index in [1.807, 2.05) is 23.9 Å². The fourth-order valence-electron chi connectivity index (χ4n) is 3.12. The number of esters is 1. The maximum absolute atomic E-state index is 12.6. The fourth-order valence-corrected chi connectivity index (χ4v) is 5.29. The molecule has 0 fully saturated rings. The third kappa shape index (κ3) is 2.89. The smallest absolute Gasteiger partial charge is 0.348 e. The molecule has 26 heavy (non-hydrogen) atoms. The summed E-state index contributed by atoms with van der Waals surface area (Å²) in [7, 11) is 1.33. The number of methoxy groups -OCH3 is 1. The van der Waals surface area contributed by atoms with Crippen LogP contribution in [-0.2, 0) is 11.3 Å². The van der Waals surface area contributed by atoms with E-state index in [1.165, 1.54) is 23.3 Å². The van der Waals surface area contributed by atoms with Crippen LogP contribution in [0.2, 0.25) is 0 Å². The van der Waals surface area contributed by atoms with Crippen LogP contribution >= 0.6 is 23.1 Å². The Kier molecular flexibility index (Phi) is 4.46. The minimum absolute atomic E-state index is 0.214. The number of ether oxygens (including phenoxy) is 1. The molecule has 8 heteroatoms. The summed E-state index contributed by atoms with van der Waals surface area (Å²) >= 11 is 3.04. The third-order valence-electron chi connectivity index (χ3n) is 4.39. The molecule has 3 aromatic rings. The lowest BCUT2D eigenvalue weighted by Crippen LogP contribution is -2.30. The molecule has 0 aliphatic carbocycles. The lowest BCUT2D eigenvalue weighted by Gasteiger charge is -2.30. The average molecular weight is 387 g/mol. The lowest BCUT2D eigenvalue weighted by molar-refractivity contribution is 0.0605. The number of fused-ring (bicyclic) bond motifs is 2. The number of para-hydroxylation sites is 1. The standard InChI is InChI=1S/C18H17N3O3S2/c1-10-14-16(22)19-13(20-17(14)26-15(10)18(23)24-2)9-21-7-8-25-12-6-4-3-5-11(12)21/h3-6H,7-9H2,1-2H3,(H,19,20,22). The van der Waals surface area contributed by atoms with Gasteiger partial charge in [-0.05, 0) is 24.6 Å². The number of nitrogens with one attached hydrogen (secondary N) is 1. The first-order valence-electron chi connectivity index (χ1n) is 8.16. The van der Waals surface area contributed by atoms with Gasteiger partial charge in [-0.1, -0.05) is 12.1 Å². The average Bonchev–Trinajstić information content (AvgIpc) is 2.98. The van der Waals surface area contributed by atoms with Gasteiger partial charge in [-0.25, -0.2) is 9.78 Å². The van der Waals surface area contributed by atoms with Gasteiger partial charge in [0.15, 0.2) is 0 Å². The van der Waals surface area contributed by atoms with Gasteiger partial charge in [0.1, 0.15) is 15.5 Å². The molecule has 6 nitrogen and oxygen atoms in total. The third-order valence-corrected chi connectivity index (χ3v) is 6.59. The first kappa shape index (κ1) is 17.1.